The van der Waals surface area contributed by atoms with E-state index in [9.17, 15) is 23.3 Å². The van der Waals surface area contributed by atoms with Gasteiger partial charge in [-0.1, -0.05) is 0 Å². The Kier molecular flexibility index (Phi) is 5.13. The molecular weight excluding hydrogens is 287 g/mol. The standard InChI is InChI=1S/C13H14F3N3O2/c1-3-18(8-9(2)7-17)11-5-4-10(13(14,15)16)6-12(11)19(20)21/h4-6,9H,3,8H2,1-2H3. The van der Waals surface area contributed by atoms with Gasteiger partial charge in [-0.3, -0.25) is 10.1 Å². The Bertz CT molecular complexity index is 567. The minimum absolute atomic E-state index is 0.0811. The van der Waals surface area contributed by atoms with Crippen LogP contribution in [-0.4, -0.2) is 18.0 Å². The predicted molar refractivity (Wildman–Crippen MR) is 70.8 cm³/mol. The predicted octanol–water partition coefficient (Wildman–Crippen LogP) is 3.60. The molecule has 5 nitrogen and oxygen atoms in total. The molecule has 0 fully saturated rings. The van der Waals surface area contributed by atoms with Crippen LogP contribution < -0.4 is 4.90 Å². The van der Waals surface area contributed by atoms with Crippen LogP contribution in [0.15, 0.2) is 18.2 Å². The number of anilines is 1. The average molecular weight is 301 g/mol. The van der Waals surface area contributed by atoms with Gasteiger partial charge < -0.3 is 4.90 Å². The molecule has 0 aliphatic rings. The van der Waals surface area contributed by atoms with Crippen molar-refractivity contribution in [1.29, 1.82) is 5.26 Å². The molecule has 1 aromatic rings. The van der Waals surface area contributed by atoms with Crippen molar-refractivity contribution in [2.75, 3.05) is 18.0 Å². The molecular formula is C13H14F3N3O2. The number of hydrogen-bond donors (Lipinski definition) is 0. The van der Waals surface area contributed by atoms with Crippen molar-refractivity contribution in [3.63, 3.8) is 0 Å². The summed E-state index contributed by atoms with van der Waals surface area (Å²) in [6, 6.07) is 4.40. The Morgan fingerprint density at radius 2 is 2.10 bits per heavy atom. The molecule has 0 aliphatic carbocycles. The van der Waals surface area contributed by atoms with Crippen molar-refractivity contribution in [1.82, 2.24) is 0 Å². The fourth-order valence-corrected chi connectivity index (χ4v) is 1.88. The van der Waals surface area contributed by atoms with E-state index >= 15 is 0 Å². The normalized spacial score (nSPS) is 12.6. The molecule has 1 atom stereocenters. The van der Waals surface area contributed by atoms with Gasteiger partial charge in [-0.05, 0) is 26.0 Å². The van der Waals surface area contributed by atoms with Crippen molar-refractivity contribution in [2.24, 2.45) is 5.92 Å². The number of hydrogen-bond acceptors (Lipinski definition) is 4. The summed E-state index contributed by atoms with van der Waals surface area (Å²) >= 11 is 0. The Morgan fingerprint density at radius 3 is 2.52 bits per heavy atom. The van der Waals surface area contributed by atoms with Gasteiger partial charge in [-0.2, -0.15) is 18.4 Å². The first-order valence-corrected chi connectivity index (χ1v) is 6.20. The van der Waals surface area contributed by atoms with Crippen LogP contribution in [0.3, 0.4) is 0 Å². The van der Waals surface area contributed by atoms with E-state index in [-0.39, 0.29) is 12.2 Å². The molecule has 0 aromatic heterocycles. The third kappa shape index (κ3) is 4.08. The van der Waals surface area contributed by atoms with E-state index in [4.69, 9.17) is 5.26 Å². The van der Waals surface area contributed by atoms with E-state index < -0.39 is 28.3 Å². The largest absolute Gasteiger partial charge is 0.416 e. The number of rotatable bonds is 5. The first-order chi connectivity index (χ1) is 9.70. The van der Waals surface area contributed by atoms with Crippen LogP contribution in [0.25, 0.3) is 0 Å². The van der Waals surface area contributed by atoms with Gasteiger partial charge in [-0.25, -0.2) is 0 Å². The average Bonchev–Trinajstić information content (AvgIpc) is 2.42. The van der Waals surface area contributed by atoms with E-state index in [0.29, 0.717) is 12.6 Å². The minimum atomic E-state index is -4.64. The molecule has 0 amide bonds. The summed E-state index contributed by atoms with van der Waals surface area (Å²) in [5.41, 5.74) is -1.60. The first kappa shape index (κ1) is 16.8. The third-order valence-corrected chi connectivity index (χ3v) is 2.94. The monoisotopic (exact) mass is 301 g/mol. The number of nitro benzene ring substituents is 1. The first-order valence-electron chi connectivity index (χ1n) is 6.20. The smallest absolute Gasteiger partial charge is 0.365 e. The van der Waals surface area contributed by atoms with Gasteiger partial charge in [-0.15, -0.1) is 0 Å². The number of nitrogens with zero attached hydrogens (tertiary/aromatic N) is 3. The second-order valence-corrected chi connectivity index (χ2v) is 4.53. The second-order valence-electron chi connectivity index (χ2n) is 4.53. The van der Waals surface area contributed by atoms with Gasteiger partial charge in [0.05, 0.1) is 22.5 Å². The summed E-state index contributed by atoms with van der Waals surface area (Å²) in [5, 5.41) is 19.8. The zero-order valence-corrected chi connectivity index (χ0v) is 11.5. The van der Waals surface area contributed by atoms with Crippen molar-refractivity contribution in [2.45, 2.75) is 20.0 Å². The molecule has 0 saturated carbocycles. The maximum atomic E-state index is 12.6. The fourth-order valence-electron chi connectivity index (χ4n) is 1.88. The zero-order valence-electron chi connectivity index (χ0n) is 11.5. The molecule has 0 spiro atoms. The molecule has 1 rings (SSSR count). The number of nitriles is 1. The van der Waals surface area contributed by atoms with Crippen LogP contribution >= 0.6 is 0 Å². The number of benzene rings is 1. The number of alkyl halides is 3. The van der Waals surface area contributed by atoms with Crippen LogP contribution in [0, 0.1) is 27.4 Å². The SMILES string of the molecule is CCN(CC(C)C#N)c1ccc(C(F)(F)F)cc1[N+](=O)[O-]. The van der Waals surface area contributed by atoms with E-state index in [1.165, 1.54) is 4.90 Å². The van der Waals surface area contributed by atoms with Gasteiger partial charge in [0.1, 0.15) is 5.69 Å². The summed E-state index contributed by atoms with van der Waals surface area (Å²) in [6.07, 6.45) is -4.64. The van der Waals surface area contributed by atoms with Gasteiger partial charge >= 0.3 is 6.18 Å². The van der Waals surface area contributed by atoms with E-state index in [1.54, 1.807) is 13.8 Å². The van der Waals surface area contributed by atoms with Crippen LogP contribution in [0.5, 0.6) is 0 Å². The zero-order chi connectivity index (χ0) is 16.2. The number of nitro groups is 1. The van der Waals surface area contributed by atoms with Crippen molar-refractivity contribution in [3.05, 3.63) is 33.9 Å². The summed E-state index contributed by atoms with van der Waals surface area (Å²) in [6.45, 7) is 3.90. The third-order valence-electron chi connectivity index (χ3n) is 2.94. The highest BCUT2D eigenvalue weighted by Crippen LogP contribution is 2.36. The molecule has 8 heteroatoms. The highest BCUT2D eigenvalue weighted by atomic mass is 19.4. The minimum Gasteiger partial charge on any atom is -0.365 e. The summed E-state index contributed by atoms with van der Waals surface area (Å²) in [7, 11) is 0. The lowest BCUT2D eigenvalue weighted by Gasteiger charge is -2.24. The maximum Gasteiger partial charge on any atom is 0.416 e. The summed E-state index contributed by atoms with van der Waals surface area (Å²) < 4.78 is 37.9. The molecule has 0 heterocycles. The molecule has 0 saturated heterocycles. The maximum absolute atomic E-state index is 12.6. The highest BCUT2D eigenvalue weighted by molar-refractivity contribution is 5.64. The van der Waals surface area contributed by atoms with Crippen LogP contribution in [-0.2, 0) is 6.18 Å². The molecule has 0 radical (unpaired) electrons. The Hall–Kier alpha value is -2.30. The van der Waals surface area contributed by atoms with E-state index in [0.717, 1.165) is 12.1 Å². The fraction of sp³-hybridized carbons (Fsp3) is 0.462. The lowest BCUT2D eigenvalue weighted by atomic mass is 10.1. The van der Waals surface area contributed by atoms with Crippen molar-refractivity contribution >= 4 is 11.4 Å². The van der Waals surface area contributed by atoms with E-state index in [2.05, 4.69) is 0 Å². The van der Waals surface area contributed by atoms with Gasteiger partial charge in [0.2, 0.25) is 0 Å². The highest BCUT2D eigenvalue weighted by Gasteiger charge is 2.33. The van der Waals surface area contributed by atoms with Gasteiger partial charge in [0, 0.05) is 19.2 Å². The van der Waals surface area contributed by atoms with Crippen molar-refractivity contribution in [3.8, 4) is 6.07 Å². The molecule has 21 heavy (non-hydrogen) atoms. The van der Waals surface area contributed by atoms with Crippen molar-refractivity contribution < 1.29 is 18.1 Å². The molecule has 1 aromatic carbocycles. The van der Waals surface area contributed by atoms with Crippen LogP contribution in [0.2, 0.25) is 0 Å². The molecule has 0 aliphatic heterocycles. The summed E-state index contributed by atoms with van der Waals surface area (Å²) in [4.78, 5) is 11.7. The quantitative estimate of drug-likeness (QED) is 0.615. The molecule has 1 unspecified atom stereocenters. The molecule has 0 bridgehead atoms. The number of halogens is 3. The van der Waals surface area contributed by atoms with E-state index in [1.807, 2.05) is 6.07 Å². The lowest BCUT2D eigenvalue weighted by molar-refractivity contribution is -0.384. The Labute approximate surface area is 119 Å². The molecule has 0 N–H and O–H groups in total. The summed E-state index contributed by atoms with van der Waals surface area (Å²) in [5.74, 6) is -0.396. The van der Waals surface area contributed by atoms with Crippen LogP contribution in [0.4, 0.5) is 24.5 Å². The molecule has 114 valence electrons. The Balaban J connectivity index is 3.28. The van der Waals surface area contributed by atoms with Crippen LogP contribution in [0.1, 0.15) is 19.4 Å². The second kappa shape index (κ2) is 6.43. The topological polar surface area (TPSA) is 70.2 Å². The van der Waals surface area contributed by atoms with Gasteiger partial charge in [0.15, 0.2) is 0 Å². The van der Waals surface area contributed by atoms with Gasteiger partial charge in [0.25, 0.3) is 5.69 Å². The lowest BCUT2D eigenvalue weighted by Crippen LogP contribution is -2.28. The Morgan fingerprint density at radius 1 is 1.48 bits per heavy atom.